The van der Waals surface area contributed by atoms with Gasteiger partial charge in [0.25, 0.3) is 0 Å². The largest absolute Gasteiger partial charge is 0.389 e. The zero-order valence-corrected chi connectivity index (χ0v) is 12.5. The van der Waals surface area contributed by atoms with Crippen LogP contribution in [0.2, 0.25) is 0 Å². The Labute approximate surface area is 117 Å². The van der Waals surface area contributed by atoms with Crippen molar-refractivity contribution in [3.63, 3.8) is 0 Å². The van der Waals surface area contributed by atoms with E-state index in [1.165, 1.54) is 0 Å². The van der Waals surface area contributed by atoms with Gasteiger partial charge in [-0.05, 0) is 40.6 Å². The lowest BCUT2D eigenvalue weighted by Crippen LogP contribution is -2.25. The molecule has 0 heterocycles. The normalized spacial score (nSPS) is 12.8. The number of benzene rings is 1. The number of para-hydroxylation sites is 1. The van der Waals surface area contributed by atoms with Gasteiger partial charge in [0.2, 0.25) is 0 Å². The van der Waals surface area contributed by atoms with Gasteiger partial charge < -0.3 is 15.2 Å². The van der Waals surface area contributed by atoms with Gasteiger partial charge in [-0.25, -0.2) is 0 Å². The van der Waals surface area contributed by atoms with E-state index in [0.29, 0.717) is 25.7 Å². The van der Waals surface area contributed by atoms with Gasteiger partial charge in [-0.15, -0.1) is 0 Å². The molecule has 17 heavy (non-hydrogen) atoms. The first-order chi connectivity index (χ1) is 8.09. The molecule has 0 aliphatic carbocycles. The van der Waals surface area contributed by atoms with Gasteiger partial charge in [0.05, 0.1) is 12.7 Å². The minimum absolute atomic E-state index is 0.384. The number of anilines is 1. The summed E-state index contributed by atoms with van der Waals surface area (Å²) in [6.45, 7) is 5.78. The van der Waals surface area contributed by atoms with Crippen molar-refractivity contribution in [1.29, 1.82) is 0 Å². The topological polar surface area (TPSA) is 41.5 Å². The highest BCUT2D eigenvalue weighted by Crippen LogP contribution is 2.16. The van der Waals surface area contributed by atoms with Gasteiger partial charge in [-0.1, -0.05) is 26.0 Å². The highest BCUT2D eigenvalue weighted by molar-refractivity contribution is 14.1. The molecule has 0 radical (unpaired) electrons. The first-order valence-corrected chi connectivity index (χ1v) is 6.91. The minimum atomic E-state index is -0.468. The smallest absolute Gasteiger partial charge is 0.0945 e. The molecule has 0 fully saturated rings. The van der Waals surface area contributed by atoms with Crippen LogP contribution >= 0.6 is 22.6 Å². The Morgan fingerprint density at radius 1 is 1.29 bits per heavy atom. The van der Waals surface area contributed by atoms with Crippen LogP contribution in [0.25, 0.3) is 0 Å². The quantitative estimate of drug-likeness (QED) is 0.744. The van der Waals surface area contributed by atoms with E-state index in [-0.39, 0.29) is 0 Å². The second-order valence-electron chi connectivity index (χ2n) is 4.45. The molecule has 1 atom stereocenters. The van der Waals surface area contributed by atoms with Crippen LogP contribution in [0.4, 0.5) is 5.69 Å². The molecule has 0 bridgehead atoms. The fourth-order valence-electron chi connectivity index (χ4n) is 1.33. The highest BCUT2D eigenvalue weighted by atomic mass is 127. The summed E-state index contributed by atoms with van der Waals surface area (Å²) in [6.07, 6.45) is -0.468. The maximum atomic E-state index is 9.72. The van der Waals surface area contributed by atoms with Crippen molar-refractivity contribution in [2.45, 2.75) is 20.0 Å². The number of aliphatic hydroxyl groups excluding tert-OH is 1. The number of nitrogens with one attached hydrogen (secondary N) is 1. The van der Waals surface area contributed by atoms with Crippen LogP contribution in [0, 0.1) is 9.49 Å². The molecule has 1 rings (SSSR count). The van der Waals surface area contributed by atoms with Crippen LogP contribution in [0.15, 0.2) is 24.3 Å². The molecule has 0 saturated carbocycles. The molecule has 0 saturated heterocycles. The summed E-state index contributed by atoms with van der Waals surface area (Å²) in [5.41, 5.74) is 1.05. The summed E-state index contributed by atoms with van der Waals surface area (Å²) in [4.78, 5) is 0. The van der Waals surface area contributed by atoms with E-state index < -0.39 is 6.10 Å². The van der Waals surface area contributed by atoms with Crippen molar-refractivity contribution in [2.24, 2.45) is 5.92 Å². The lowest BCUT2D eigenvalue weighted by atomic mass is 10.2. The van der Waals surface area contributed by atoms with Crippen molar-refractivity contribution in [1.82, 2.24) is 0 Å². The number of rotatable bonds is 7. The molecule has 2 N–H and O–H groups in total. The molecule has 0 amide bonds. The van der Waals surface area contributed by atoms with Crippen LogP contribution in [-0.2, 0) is 4.74 Å². The lowest BCUT2D eigenvalue weighted by Gasteiger charge is -2.14. The number of hydrogen-bond donors (Lipinski definition) is 2. The van der Waals surface area contributed by atoms with E-state index in [4.69, 9.17) is 4.74 Å². The molecule has 3 nitrogen and oxygen atoms in total. The molecular formula is C13H20INO2. The lowest BCUT2D eigenvalue weighted by molar-refractivity contribution is 0.0318. The Morgan fingerprint density at radius 3 is 2.65 bits per heavy atom. The third-order valence-electron chi connectivity index (χ3n) is 2.16. The van der Waals surface area contributed by atoms with E-state index in [2.05, 4.69) is 41.8 Å². The SMILES string of the molecule is CC(C)COCC(O)CNc1ccccc1I. The maximum Gasteiger partial charge on any atom is 0.0945 e. The Kier molecular flexibility index (Phi) is 6.84. The monoisotopic (exact) mass is 349 g/mol. The number of ether oxygens (including phenoxy) is 1. The predicted molar refractivity (Wildman–Crippen MR) is 79.3 cm³/mol. The van der Waals surface area contributed by atoms with Crippen molar-refractivity contribution in [3.05, 3.63) is 27.8 Å². The second-order valence-corrected chi connectivity index (χ2v) is 5.61. The molecule has 0 spiro atoms. The standard InChI is InChI=1S/C13H20INO2/c1-10(2)8-17-9-11(16)7-15-13-6-4-3-5-12(13)14/h3-6,10-11,15-16H,7-9H2,1-2H3. The maximum absolute atomic E-state index is 9.72. The minimum Gasteiger partial charge on any atom is -0.389 e. The molecule has 0 aromatic heterocycles. The first kappa shape index (κ1) is 14.7. The third-order valence-corrected chi connectivity index (χ3v) is 3.10. The summed E-state index contributed by atoms with van der Waals surface area (Å²) < 4.78 is 6.54. The summed E-state index contributed by atoms with van der Waals surface area (Å²) >= 11 is 2.27. The van der Waals surface area contributed by atoms with Crippen molar-refractivity contribution < 1.29 is 9.84 Å². The number of aliphatic hydroxyl groups is 1. The molecule has 96 valence electrons. The number of halogens is 1. The van der Waals surface area contributed by atoms with Crippen LogP contribution in [-0.4, -0.2) is 31.0 Å². The summed E-state index contributed by atoms with van der Waals surface area (Å²) in [5, 5.41) is 12.9. The van der Waals surface area contributed by atoms with Gasteiger partial charge >= 0.3 is 0 Å². The molecule has 1 unspecified atom stereocenters. The van der Waals surface area contributed by atoms with Crippen molar-refractivity contribution in [3.8, 4) is 0 Å². The van der Waals surface area contributed by atoms with Crippen LogP contribution in [0.5, 0.6) is 0 Å². The third kappa shape index (κ3) is 6.24. The molecule has 1 aromatic rings. The fraction of sp³-hybridized carbons (Fsp3) is 0.538. The Hall–Kier alpha value is -0.330. The van der Waals surface area contributed by atoms with E-state index >= 15 is 0 Å². The predicted octanol–water partition coefficient (Wildman–Crippen LogP) is 2.74. The summed E-state index contributed by atoms with van der Waals surface area (Å²) in [7, 11) is 0. The zero-order valence-electron chi connectivity index (χ0n) is 10.3. The van der Waals surface area contributed by atoms with E-state index in [1.807, 2.05) is 24.3 Å². The average molecular weight is 349 g/mol. The molecular weight excluding hydrogens is 329 g/mol. The molecule has 0 aliphatic rings. The van der Waals surface area contributed by atoms with E-state index in [1.54, 1.807) is 0 Å². The average Bonchev–Trinajstić information content (AvgIpc) is 2.27. The zero-order chi connectivity index (χ0) is 12.7. The summed E-state index contributed by atoms with van der Waals surface area (Å²) in [5.74, 6) is 0.505. The van der Waals surface area contributed by atoms with Gasteiger partial charge in [0.15, 0.2) is 0 Å². The Balaban J connectivity index is 2.24. The molecule has 1 aromatic carbocycles. The molecule has 0 aliphatic heterocycles. The second kappa shape index (κ2) is 7.89. The Bertz CT molecular complexity index is 331. The van der Waals surface area contributed by atoms with Gasteiger partial charge in [0.1, 0.15) is 0 Å². The van der Waals surface area contributed by atoms with Crippen LogP contribution in [0.1, 0.15) is 13.8 Å². The summed E-state index contributed by atoms with van der Waals surface area (Å²) in [6, 6.07) is 8.01. The van der Waals surface area contributed by atoms with Crippen LogP contribution in [0.3, 0.4) is 0 Å². The van der Waals surface area contributed by atoms with E-state index in [0.717, 1.165) is 9.26 Å². The Morgan fingerprint density at radius 2 is 2.00 bits per heavy atom. The van der Waals surface area contributed by atoms with E-state index in [9.17, 15) is 5.11 Å². The van der Waals surface area contributed by atoms with Crippen molar-refractivity contribution >= 4 is 28.3 Å². The van der Waals surface area contributed by atoms with Gasteiger partial charge in [-0.2, -0.15) is 0 Å². The van der Waals surface area contributed by atoms with Gasteiger partial charge in [0, 0.05) is 22.4 Å². The van der Waals surface area contributed by atoms with Crippen molar-refractivity contribution in [2.75, 3.05) is 25.1 Å². The highest BCUT2D eigenvalue weighted by Gasteiger charge is 2.06. The number of hydrogen-bond acceptors (Lipinski definition) is 3. The molecule has 4 heteroatoms. The first-order valence-electron chi connectivity index (χ1n) is 5.83. The fourth-order valence-corrected chi connectivity index (χ4v) is 1.91. The van der Waals surface area contributed by atoms with Gasteiger partial charge in [-0.3, -0.25) is 0 Å². The van der Waals surface area contributed by atoms with Crippen LogP contribution < -0.4 is 5.32 Å².